The summed E-state index contributed by atoms with van der Waals surface area (Å²) in [6, 6.07) is 3.75. The van der Waals surface area contributed by atoms with E-state index in [1.54, 1.807) is 24.3 Å². The van der Waals surface area contributed by atoms with Gasteiger partial charge in [0, 0.05) is 5.56 Å². The maximum Gasteiger partial charge on any atom is 0.374 e. The lowest BCUT2D eigenvalue weighted by Gasteiger charge is -1.98. The highest BCUT2D eigenvalue weighted by Crippen LogP contribution is 2.16. The standard InChI is InChI=1S/C13H12O3S/c1-2-15-13(14)12-11(5-7-16-12)4-3-10-6-8-17-9-10/h3-9H,2H2,1H3. The van der Waals surface area contributed by atoms with E-state index in [1.165, 1.54) is 6.26 Å². The smallest absolute Gasteiger partial charge is 0.374 e. The second-order valence-corrected chi connectivity index (χ2v) is 4.10. The molecule has 88 valence electrons. The zero-order valence-corrected chi connectivity index (χ0v) is 10.2. The second kappa shape index (κ2) is 5.50. The van der Waals surface area contributed by atoms with Gasteiger partial charge in [-0.15, -0.1) is 0 Å². The van der Waals surface area contributed by atoms with Gasteiger partial charge in [-0.05, 0) is 35.4 Å². The molecule has 0 radical (unpaired) electrons. The minimum Gasteiger partial charge on any atom is -0.460 e. The summed E-state index contributed by atoms with van der Waals surface area (Å²) in [5.41, 5.74) is 1.83. The number of esters is 1. The Morgan fingerprint density at radius 3 is 3.06 bits per heavy atom. The lowest BCUT2D eigenvalue weighted by atomic mass is 10.2. The van der Waals surface area contributed by atoms with Crippen LogP contribution in [0.1, 0.15) is 28.6 Å². The van der Waals surface area contributed by atoms with Crippen LogP contribution in [0.3, 0.4) is 0 Å². The second-order valence-electron chi connectivity index (χ2n) is 3.32. The van der Waals surface area contributed by atoms with E-state index in [9.17, 15) is 4.79 Å². The molecule has 0 fully saturated rings. The van der Waals surface area contributed by atoms with Gasteiger partial charge in [0.15, 0.2) is 0 Å². The SMILES string of the molecule is CCOC(=O)c1occc1C=Cc1ccsc1. The van der Waals surface area contributed by atoms with Gasteiger partial charge >= 0.3 is 5.97 Å². The topological polar surface area (TPSA) is 39.4 Å². The van der Waals surface area contributed by atoms with Crippen molar-refractivity contribution in [1.29, 1.82) is 0 Å². The van der Waals surface area contributed by atoms with Crippen molar-refractivity contribution in [3.05, 3.63) is 46.0 Å². The van der Waals surface area contributed by atoms with E-state index in [1.807, 2.05) is 29.0 Å². The van der Waals surface area contributed by atoms with Crippen LogP contribution in [-0.2, 0) is 4.74 Å². The lowest BCUT2D eigenvalue weighted by Crippen LogP contribution is -2.04. The van der Waals surface area contributed by atoms with Crippen molar-refractivity contribution in [2.75, 3.05) is 6.61 Å². The number of hydrogen-bond donors (Lipinski definition) is 0. The molecule has 0 aliphatic rings. The Morgan fingerprint density at radius 2 is 2.35 bits per heavy atom. The summed E-state index contributed by atoms with van der Waals surface area (Å²) in [6.45, 7) is 2.11. The van der Waals surface area contributed by atoms with E-state index < -0.39 is 5.97 Å². The van der Waals surface area contributed by atoms with Gasteiger partial charge < -0.3 is 9.15 Å². The van der Waals surface area contributed by atoms with Gasteiger partial charge in [-0.2, -0.15) is 11.3 Å². The normalized spacial score (nSPS) is 10.9. The van der Waals surface area contributed by atoms with Crippen molar-refractivity contribution in [3.8, 4) is 0 Å². The van der Waals surface area contributed by atoms with E-state index in [2.05, 4.69) is 0 Å². The van der Waals surface area contributed by atoms with Crippen molar-refractivity contribution in [1.82, 2.24) is 0 Å². The highest BCUT2D eigenvalue weighted by molar-refractivity contribution is 7.08. The molecule has 2 aromatic heterocycles. The Kier molecular flexibility index (Phi) is 3.77. The van der Waals surface area contributed by atoms with E-state index in [-0.39, 0.29) is 5.76 Å². The van der Waals surface area contributed by atoms with Crippen LogP contribution in [0.15, 0.2) is 33.6 Å². The average Bonchev–Trinajstić information content (AvgIpc) is 2.98. The Hall–Kier alpha value is -1.81. The number of ether oxygens (including phenoxy) is 1. The molecule has 0 aliphatic carbocycles. The highest BCUT2D eigenvalue weighted by Gasteiger charge is 2.14. The number of carbonyl (C=O) groups is 1. The van der Waals surface area contributed by atoms with Crippen LogP contribution in [0.5, 0.6) is 0 Å². The van der Waals surface area contributed by atoms with Crippen molar-refractivity contribution in [2.24, 2.45) is 0 Å². The van der Waals surface area contributed by atoms with Crippen LogP contribution < -0.4 is 0 Å². The zero-order chi connectivity index (χ0) is 12.1. The lowest BCUT2D eigenvalue weighted by molar-refractivity contribution is 0.0490. The number of thiophene rings is 1. The summed E-state index contributed by atoms with van der Waals surface area (Å²) in [4.78, 5) is 11.5. The Labute approximate surface area is 103 Å². The van der Waals surface area contributed by atoms with Gasteiger partial charge in [-0.25, -0.2) is 4.79 Å². The molecule has 0 saturated heterocycles. The van der Waals surface area contributed by atoms with Crippen molar-refractivity contribution in [3.63, 3.8) is 0 Å². The van der Waals surface area contributed by atoms with Crippen molar-refractivity contribution < 1.29 is 13.9 Å². The average molecular weight is 248 g/mol. The summed E-state index contributed by atoms with van der Waals surface area (Å²) in [5, 5.41) is 4.03. The Balaban J connectivity index is 2.17. The number of furan rings is 1. The molecule has 17 heavy (non-hydrogen) atoms. The van der Waals surface area contributed by atoms with Crippen LogP contribution in [0, 0.1) is 0 Å². The van der Waals surface area contributed by atoms with Crippen molar-refractivity contribution in [2.45, 2.75) is 6.92 Å². The molecule has 0 N–H and O–H groups in total. The highest BCUT2D eigenvalue weighted by atomic mass is 32.1. The minimum absolute atomic E-state index is 0.248. The molecule has 3 nitrogen and oxygen atoms in total. The van der Waals surface area contributed by atoms with Gasteiger partial charge in [0.05, 0.1) is 12.9 Å². The minimum atomic E-state index is -0.428. The van der Waals surface area contributed by atoms with Crippen LogP contribution in [-0.4, -0.2) is 12.6 Å². The van der Waals surface area contributed by atoms with E-state index in [0.717, 1.165) is 11.1 Å². The molecular formula is C13H12O3S. The third kappa shape index (κ3) is 2.85. The Bertz CT molecular complexity index is 509. The fourth-order valence-corrected chi connectivity index (χ4v) is 2.00. The molecule has 2 aromatic rings. The van der Waals surface area contributed by atoms with Crippen LogP contribution >= 0.6 is 11.3 Å². The maximum atomic E-state index is 11.5. The quantitative estimate of drug-likeness (QED) is 0.775. The molecule has 0 amide bonds. The summed E-state index contributed by atoms with van der Waals surface area (Å²) in [6.07, 6.45) is 5.27. The molecular weight excluding hydrogens is 236 g/mol. The summed E-state index contributed by atoms with van der Waals surface area (Å²) >= 11 is 1.63. The molecule has 0 saturated carbocycles. The van der Waals surface area contributed by atoms with Gasteiger partial charge in [0.1, 0.15) is 0 Å². The predicted octanol–water partition coefficient (Wildman–Crippen LogP) is 3.69. The van der Waals surface area contributed by atoms with E-state index in [0.29, 0.717) is 6.61 Å². The van der Waals surface area contributed by atoms with Gasteiger partial charge in [-0.1, -0.05) is 12.2 Å². The van der Waals surface area contributed by atoms with E-state index >= 15 is 0 Å². The third-order valence-electron chi connectivity index (χ3n) is 2.16. The summed E-state index contributed by atoms with van der Waals surface area (Å²) in [5.74, 6) is -0.180. The van der Waals surface area contributed by atoms with Crippen LogP contribution in [0.4, 0.5) is 0 Å². The van der Waals surface area contributed by atoms with Crippen LogP contribution in [0.25, 0.3) is 12.2 Å². The first kappa shape index (κ1) is 11.7. The van der Waals surface area contributed by atoms with Gasteiger partial charge in [0.25, 0.3) is 0 Å². The molecule has 0 spiro atoms. The zero-order valence-electron chi connectivity index (χ0n) is 9.38. The Morgan fingerprint density at radius 1 is 1.47 bits per heavy atom. The fourth-order valence-electron chi connectivity index (χ4n) is 1.37. The molecule has 0 aromatic carbocycles. The molecule has 2 heterocycles. The largest absolute Gasteiger partial charge is 0.460 e. The van der Waals surface area contributed by atoms with E-state index in [4.69, 9.17) is 9.15 Å². The number of hydrogen-bond acceptors (Lipinski definition) is 4. The third-order valence-corrected chi connectivity index (χ3v) is 2.86. The molecule has 0 atom stereocenters. The number of rotatable bonds is 4. The molecule has 4 heteroatoms. The predicted molar refractivity (Wildman–Crippen MR) is 67.9 cm³/mol. The number of carbonyl (C=O) groups excluding carboxylic acids is 1. The van der Waals surface area contributed by atoms with Crippen molar-refractivity contribution >= 4 is 29.5 Å². The van der Waals surface area contributed by atoms with Gasteiger partial charge in [-0.3, -0.25) is 0 Å². The van der Waals surface area contributed by atoms with Gasteiger partial charge in [0.2, 0.25) is 5.76 Å². The molecule has 0 bridgehead atoms. The fraction of sp³-hybridized carbons (Fsp3) is 0.154. The van der Waals surface area contributed by atoms with Crippen LogP contribution in [0.2, 0.25) is 0 Å². The maximum absolute atomic E-state index is 11.5. The molecule has 0 aliphatic heterocycles. The monoisotopic (exact) mass is 248 g/mol. The molecule has 0 unspecified atom stereocenters. The first-order chi connectivity index (χ1) is 8.31. The first-order valence-electron chi connectivity index (χ1n) is 5.26. The first-order valence-corrected chi connectivity index (χ1v) is 6.20. The summed E-state index contributed by atoms with van der Waals surface area (Å²) in [7, 11) is 0. The summed E-state index contributed by atoms with van der Waals surface area (Å²) < 4.78 is 10.0. The molecule has 2 rings (SSSR count).